The molecule has 160 valence electrons. The summed E-state index contributed by atoms with van der Waals surface area (Å²) >= 11 is 5.59. The first-order valence-corrected chi connectivity index (χ1v) is 12.8. The van der Waals surface area contributed by atoms with Gasteiger partial charge in [-0.15, -0.1) is 11.3 Å². The lowest BCUT2D eigenvalue weighted by Crippen LogP contribution is -1.93. The Bertz CT molecular complexity index is 2090. The summed E-state index contributed by atoms with van der Waals surface area (Å²) < 4.78 is 12.2. The molecule has 34 heavy (non-hydrogen) atoms. The van der Waals surface area contributed by atoms with Crippen LogP contribution in [0.2, 0.25) is 0 Å². The number of aromatic nitrogens is 1. The molecule has 3 heterocycles. The minimum Gasteiger partial charge on any atom is -0.456 e. The summed E-state index contributed by atoms with van der Waals surface area (Å²) in [6.07, 6.45) is 0. The van der Waals surface area contributed by atoms with Crippen LogP contribution in [-0.2, 0) is 0 Å². The van der Waals surface area contributed by atoms with Crippen LogP contribution in [0.4, 0.5) is 0 Å². The maximum absolute atomic E-state index is 6.13. The lowest BCUT2D eigenvalue weighted by Gasteiger charge is -2.08. The number of nitrogens with zero attached hydrogens (tertiary/aromatic N) is 1. The summed E-state index contributed by atoms with van der Waals surface area (Å²) in [6, 6.07) is 34.8. The number of hydrogen-bond acceptors (Lipinski definition) is 2. The van der Waals surface area contributed by atoms with Crippen molar-refractivity contribution in [1.82, 2.24) is 4.57 Å². The largest absolute Gasteiger partial charge is 0.456 e. The van der Waals surface area contributed by atoms with E-state index in [1.165, 1.54) is 42.0 Å². The molecule has 0 bridgehead atoms. The zero-order valence-electron chi connectivity index (χ0n) is 17.9. The van der Waals surface area contributed by atoms with Crippen molar-refractivity contribution in [2.75, 3.05) is 0 Å². The van der Waals surface area contributed by atoms with Crippen LogP contribution >= 0.6 is 27.3 Å². The van der Waals surface area contributed by atoms with Crippen molar-refractivity contribution in [1.29, 1.82) is 0 Å². The van der Waals surface area contributed by atoms with Crippen LogP contribution in [0.3, 0.4) is 0 Å². The van der Waals surface area contributed by atoms with Gasteiger partial charge in [0.1, 0.15) is 11.2 Å². The molecule has 0 N–H and O–H groups in total. The first kappa shape index (κ1) is 18.8. The second-order valence-electron chi connectivity index (χ2n) is 8.71. The normalized spacial score (nSPS) is 12.3. The first-order valence-electron chi connectivity index (χ1n) is 11.2. The Morgan fingerprint density at radius 3 is 2.38 bits per heavy atom. The quantitative estimate of drug-likeness (QED) is 0.212. The summed E-state index contributed by atoms with van der Waals surface area (Å²) in [6.45, 7) is 0. The number of para-hydroxylation sites is 1. The minimum absolute atomic E-state index is 0.899. The molecular formula is C30H16BrNOS. The van der Waals surface area contributed by atoms with E-state index >= 15 is 0 Å². The van der Waals surface area contributed by atoms with Gasteiger partial charge in [-0.1, -0.05) is 58.4 Å². The van der Waals surface area contributed by atoms with Crippen molar-refractivity contribution in [2.24, 2.45) is 0 Å². The van der Waals surface area contributed by atoms with Gasteiger partial charge in [0.2, 0.25) is 0 Å². The third-order valence-electron chi connectivity index (χ3n) is 6.86. The zero-order valence-corrected chi connectivity index (χ0v) is 20.3. The van der Waals surface area contributed by atoms with Crippen LogP contribution in [0.1, 0.15) is 0 Å². The average Bonchev–Trinajstić information content (AvgIpc) is 3.51. The third kappa shape index (κ3) is 2.44. The summed E-state index contributed by atoms with van der Waals surface area (Å²) in [5.41, 5.74) is 5.38. The number of halogens is 1. The molecule has 0 unspecified atom stereocenters. The average molecular weight is 518 g/mol. The summed E-state index contributed by atoms with van der Waals surface area (Å²) in [5, 5.41) is 7.45. The van der Waals surface area contributed by atoms with Crippen LogP contribution in [0, 0.1) is 0 Å². The lowest BCUT2D eigenvalue weighted by atomic mass is 10.1. The molecule has 0 aliphatic carbocycles. The molecule has 0 spiro atoms. The van der Waals surface area contributed by atoms with Gasteiger partial charge in [-0.05, 0) is 54.6 Å². The Hall–Kier alpha value is -3.60. The van der Waals surface area contributed by atoms with E-state index in [1.807, 2.05) is 23.5 Å². The molecule has 0 fully saturated rings. The molecule has 0 atom stereocenters. The topological polar surface area (TPSA) is 18.1 Å². The van der Waals surface area contributed by atoms with E-state index < -0.39 is 0 Å². The molecular weight excluding hydrogens is 502 g/mol. The molecule has 4 heteroatoms. The van der Waals surface area contributed by atoms with Gasteiger partial charge in [0, 0.05) is 51.9 Å². The third-order valence-corrected chi connectivity index (χ3v) is 8.65. The van der Waals surface area contributed by atoms with Crippen molar-refractivity contribution >= 4 is 91.2 Å². The number of rotatable bonds is 1. The van der Waals surface area contributed by atoms with E-state index in [-0.39, 0.29) is 0 Å². The van der Waals surface area contributed by atoms with Gasteiger partial charge in [0.15, 0.2) is 0 Å². The second kappa shape index (κ2) is 6.72. The van der Waals surface area contributed by atoms with E-state index in [4.69, 9.17) is 4.42 Å². The highest BCUT2D eigenvalue weighted by Gasteiger charge is 2.17. The van der Waals surface area contributed by atoms with Crippen molar-refractivity contribution < 1.29 is 4.42 Å². The highest BCUT2D eigenvalue weighted by atomic mass is 79.9. The van der Waals surface area contributed by atoms with Gasteiger partial charge in [0.25, 0.3) is 0 Å². The number of thiophene rings is 1. The van der Waals surface area contributed by atoms with E-state index in [2.05, 4.69) is 105 Å². The molecule has 5 aromatic carbocycles. The maximum atomic E-state index is 6.13. The number of benzene rings is 5. The minimum atomic E-state index is 0.899. The number of hydrogen-bond donors (Lipinski definition) is 0. The molecule has 8 rings (SSSR count). The Labute approximate surface area is 206 Å². The first-order chi connectivity index (χ1) is 16.8. The van der Waals surface area contributed by atoms with Crippen LogP contribution in [0.25, 0.3) is 69.6 Å². The fraction of sp³-hybridized carbons (Fsp3) is 0. The molecule has 0 radical (unpaired) electrons. The SMILES string of the molecule is Brc1cccc2oc3ccc(-n4c5ccccc5c5cc6c(cc54)sc4ccccc46)cc3c12. The van der Waals surface area contributed by atoms with E-state index in [0.717, 1.165) is 32.1 Å². The molecule has 2 nitrogen and oxygen atoms in total. The second-order valence-corrected chi connectivity index (χ2v) is 10.6. The van der Waals surface area contributed by atoms with Crippen molar-refractivity contribution in [3.8, 4) is 5.69 Å². The lowest BCUT2D eigenvalue weighted by molar-refractivity contribution is 0.669. The monoisotopic (exact) mass is 517 g/mol. The number of furan rings is 1. The van der Waals surface area contributed by atoms with Gasteiger partial charge < -0.3 is 8.98 Å². The van der Waals surface area contributed by atoms with Crippen LogP contribution in [0.15, 0.2) is 106 Å². The molecule has 0 amide bonds. The predicted octanol–water partition coefficient (Wildman–Crippen LogP) is 9.81. The van der Waals surface area contributed by atoms with E-state index in [0.29, 0.717) is 0 Å². The summed E-state index contributed by atoms with van der Waals surface area (Å²) in [5.74, 6) is 0. The van der Waals surface area contributed by atoms with Gasteiger partial charge >= 0.3 is 0 Å². The predicted molar refractivity (Wildman–Crippen MR) is 149 cm³/mol. The van der Waals surface area contributed by atoms with Crippen molar-refractivity contribution in [3.05, 3.63) is 102 Å². The highest BCUT2D eigenvalue weighted by Crippen LogP contribution is 2.41. The Morgan fingerprint density at radius 2 is 1.44 bits per heavy atom. The summed E-state index contributed by atoms with van der Waals surface area (Å²) in [4.78, 5) is 0. The van der Waals surface area contributed by atoms with Gasteiger partial charge in [-0.3, -0.25) is 0 Å². The Balaban J connectivity index is 1.52. The molecule has 3 aromatic heterocycles. The molecule has 0 saturated heterocycles. The van der Waals surface area contributed by atoms with Crippen LogP contribution < -0.4 is 0 Å². The number of fused-ring (bicyclic) bond motifs is 9. The van der Waals surface area contributed by atoms with Crippen molar-refractivity contribution in [3.63, 3.8) is 0 Å². The van der Waals surface area contributed by atoms with Crippen LogP contribution in [-0.4, -0.2) is 4.57 Å². The molecule has 0 aliphatic heterocycles. The highest BCUT2D eigenvalue weighted by molar-refractivity contribution is 9.10. The van der Waals surface area contributed by atoms with E-state index in [9.17, 15) is 0 Å². The maximum Gasteiger partial charge on any atom is 0.136 e. The Kier molecular flexibility index (Phi) is 3.71. The van der Waals surface area contributed by atoms with Crippen LogP contribution in [0.5, 0.6) is 0 Å². The zero-order chi connectivity index (χ0) is 22.4. The standard InChI is InChI=1S/C30H16BrNOS/c31-23-8-5-10-27-30(23)22-14-17(12-13-26(22)33-27)32-24-9-3-1-6-18(24)20-15-21-19-7-2-4-11-28(19)34-29(21)16-25(20)32/h1-16H. The van der Waals surface area contributed by atoms with Gasteiger partial charge in [0.05, 0.1) is 11.0 Å². The summed E-state index contributed by atoms with van der Waals surface area (Å²) in [7, 11) is 0. The smallest absolute Gasteiger partial charge is 0.136 e. The fourth-order valence-electron chi connectivity index (χ4n) is 5.38. The molecule has 0 saturated carbocycles. The van der Waals surface area contributed by atoms with Gasteiger partial charge in [-0.25, -0.2) is 0 Å². The van der Waals surface area contributed by atoms with Gasteiger partial charge in [-0.2, -0.15) is 0 Å². The molecule has 0 aliphatic rings. The fourth-order valence-corrected chi connectivity index (χ4v) is 7.06. The van der Waals surface area contributed by atoms with Crippen molar-refractivity contribution in [2.45, 2.75) is 0 Å². The van der Waals surface area contributed by atoms with E-state index in [1.54, 1.807) is 0 Å². The molecule has 8 aromatic rings. The Morgan fingerprint density at radius 1 is 0.588 bits per heavy atom.